The zero-order valence-corrected chi connectivity index (χ0v) is 27.8. The Kier molecular flexibility index (Phi) is 11.9. The van der Waals surface area contributed by atoms with Gasteiger partial charge < -0.3 is 0 Å². The molecule has 44 heavy (non-hydrogen) atoms. The fourth-order valence-electron chi connectivity index (χ4n) is 5.77. The van der Waals surface area contributed by atoms with Crippen molar-refractivity contribution < 1.29 is 17.1 Å². The van der Waals surface area contributed by atoms with E-state index in [1.807, 2.05) is 30.3 Å². The molecule has 6 heteroatoms. The van der Waals surface area contributed by atoms with E-state index in [1.165, 1.54) is 58.6 Å². The normalized spacial score (nSPS) is 14.0. The van der Waals surface area contributed by atoms with Gasteiger partial charge in [0.05, 0.1) is 5.44 Å². The summed E-state index contributed by atoms with van der Waals surface area (Å²) in [5.74, 6) is 0. The maximum Gasteiger partial charge on any atom is 2.00 e. The molecule has 7 rings (SSSR count). The van der Waals surface area contributed by atoms with Crippen molar-refractivity contribution in [3.63, 3.8) is 0 Å². The molecule has 1 aliphatic rings. The number of thioether (sulfide) groups is 1. The third-order valence-electron chi connectivity index (χ3n) is 7.98. The maximum atomic E-state index is 4.88. The molecule has 1 fully saturated rings. The van der Waals surface area contributed by atoms with Gasteiger partial charge in [-0.15, -0.1) is 9.99 Å². The summed E-state index contributed by atoms with van der Waals surface area (Å²) in [7, 11) is -0.877. The summed E-state index contributed by atoms with van der Waals surface area (Å²) in [5.41, 5.74) is 4.64. The number of nitrogens with zero attached hydrogens (tertiary/aromatic N) is 3. The molecule has 1 atom stereocenters. The molecule has 0 saturated heterocycles. The van der Waals surface area contributed by atoms with E-state index in [-0.39, 0.29) is 23.1 Å². The predicted octanol–water partition coefficient (Wildman–Crippen LogP) is 8.86. The van der Waals surface area contributed by atoms with Crippen LogP contribution in [0.3, 0.4) is 0 Å². The fourth-order valence-corrected chi connectivity index (χ4v) is 9.76. The van der Waals surface area contributed by atoms with E-state index in [0.29, 0.717) is 0 Å². The smallest absolute Gasteiger partial charge is 0.249 e. The number of benzene rings is 3. The molecule has 224 valence electrons. The fraction of sp³-hybridized carbons (Fsp3) is 0.211. The summed E-state index contributed by atoms with van der Waals surface area (Å²) in [6, 6.07) is 49.2. The Morgan fingerprint density at radius 2 is 1.34 bits per heavy atom. The Labute approximate surface area is 278 Å². The zero-order chi connectivity index (χ0) is 29.3. The number of rotatable bonds is 8. The van der Waals surface area contributed by atoms with E-state index in [1.54, 1.807) is 0 Å². The van der Waals surface area contributed by atoms with Crippen LogP contribution < -0.4 is 16.0 Å². The SMILES string of the molecule is C[C@@H](c1cc[cH-]c1SC1CCCCC1)n1nnc(-c2ccccc2)c1P(c1ccccc1)c1ccccc1.[Fe+2].c1cc[cH-]c1. The van der Waals surface area contributed by atoms with Crippen molar-refractivity contribution in [2.75, 3.05) is 0 Å². The Bertz CT molecular complexity index is 1590. The molecule has 3 nitrogen and oxygen atoms in total. The summed E-state index contributed by atoms with van der Waals surface area (Å²) in [6.07, 6.45) is 6.74. The monoisotopic (exact) mass is 655 g/mol. The predicted molar refractivity (Wildman–Crippen MR) is 185 cm³/mol. The van der Waals surface area contributed by atoms with Crippen LogP contribution in [0.25, 0.3) is 11.3 Å². The average Bonchev–Trinajstić information content (AvgIpc) is 3.87. The second-order valence-corrected chi connectivity index (χ2v) is 14.4. The first-order valence-corrected chi connectivity index (χ1v) is 17.5. The van der Waals surface area contributed by atoms with Gasteiger partial charge >= 0.3 is 17.1 Å². The van der Waals surface area contributed by atoms with Crippen LogP contribution in [0.5, 0.6) is 0 Å². The maximum absolute atomic E-state index is 4.88. The molecule has 0 radical (unpaired) electrons. The van der Waals surface area contributed by atoms with Crippen molar-refractivity contribution in [3.05, 3.63) is 145 Å². The van der Waals surface area contributed by atoms with Gasteiger partial charge in [0.1, 0.15) is 5.69 Å². The molecule has 0 N–H and O–H groups in total. The Hall–Kier alpha value is -3.20. The zero-order valence-electron chi connectivity index (χ0n) is 25.0. The molecule has 0 amide bonds. The third kappa shape index (κ3) is 7.71. The van der Waals surface area contributed by atoms with Crippen LogP contribution in [0.2, 0.25) is 0 Å². The molecule has 5 aromatic carbocycles. The van der Waals surface area contributed by atoms with Gasteiger partial charge in [-0.1, -0.05) is 122 Å². The van der Waals surface area contributed by atoms with Gasteiger partial charge in [0.2, 0.25) is 0 Å². The third-order valence-corrected chi connectivity index (χ3v) is 11.9. The van der Waals surface area contributed by atoms with Gasteiger partial charge in [-0.05, 0) is 23.5 Å². The number of hydrogen-bond donors (Lipinski definition) is 0. The molecule has 0 spiro atoms. The Morgan fingerprint density at radius 1 is 0.750 bits per heavy atom. The molecule has 6 aromatic rings. The molecule has 1 saturated carbocycles. The summed E-state index contributed by atoms with van der Waals surface area (Å²) in [4.78, 5) is 1.40. The van der Waals surface area contributed by atoms with E-state index in [2.05, 4.69) is 133 Å². The van der Waals surface area contributed by atoms with Crippen LogP contribution in [0.1, 0.15) is 50.6 Å². The van der Waals surface area contributed by atoms with Gasteiger partial charge in [-0.2, -0.15) is 47.7 Å². The molecule has 1 heterocycles. The minimum atomic E-state index is -0.877. The first kappa shape index (κ1) is 32.2. The molecular weight excluding hydrogens is 617 g/mol. The molecule has 1 aliphatic carbocycles. The second kappa shape index (κ2) is 16.2. The van der Waals surface area contributed by atoms with E-state index >= 15 is 0 Å². The van der Waals surface area contributed by atoms with Crippen molar-refractivity contribution in [3.8, 4) is 11.3 Å². The number of hydrogen-bond acceptors (Lipinski definition) is 3. The first-order chi connectivity index (χ1) is 21.3. The van der Waals surface area contributed by atoms with E-state index < -0.39 is 7.92 Å². The van der Waals surface area contributed by atoms with Gasteiger partial charge in [0.15, 0.2) is 0 Å². The van der Waals surface area contributed by atoms with Crippen LogP contribution >= 0.6 is 19.7 Å². The molecule has 1 aromatic heterocycles. The topological polar surface area (TPSA) is 30.7 Å². The van der Waals surface area contributed by atoms with E-state index in [4.69, 9.17) is 10.3 Å². The van der Waals surface area contributed by atoms with Crippen molar-refractivity contribution in [2.45, 2.75) is 55.2 Å². The average molecular weight is 656 g/mol. The first-order valence-electron chi connectivity index (χ1n) is 15.3. The van der Waals surface area contributed by atoms with Crippen LogP contribution in [0, 0.1) is 0 Å². The summed E-state index contributed by atoms with van der Waals surface area (Å²) in [6.45, 7) is 2.29. The minimum absolute atomic E-state index is 0. The second-order valence-electron chi connectivity index (χ2n) is 10.9. The summed E-state index contributed by atoms with van der Waals surface area (Å²) >= 11 is 2.07. The quantitative estimate of drug-likeness (QED) is 0.0933. The standard InChI is InChI=1S/C33H33N3PS.C5H5.Fe/c1-25(30-23-14-24-31(30)38-29-21-12-5-13-22-29)36-33(32(34-35-36)26-15-6-2-7-16-26)37(27-17-8-3-9-18-27)28-19-10-4-11-20-28;1-2-4-5-3-1;/h2-4,6-11,14-20,23-25,29H,5,12-13,21-22H2,1H3;1-5H;/q2*-1;+2/t25-;;/m0../s1. The van der Waals surface area contributed by atoms with Crippen LogP contribution in [-0.4, -0.2) is 20.2 Å². The van der Waals surface area contributed by atoms with Crippen LogP contribution in [0.4, 0.5) is 0 Å². The van der Waals surface area contributed by atoms with Crippen molar-refractivity contribution in [1.29, 1.82) is 0 Å². The molecule has 0 aliphatic heterocycles. The van der Waals surface area contributed by atoms with Gasteiger partial charge in [-0.3, -0.25) is 0 Å². The Balaban J connectivity index is 0.000000584. The van der Waals surface area contributed by atoms with Gasteiger partial charge in [0, 0.05) is 24.8 Å². The van der Waals surface area contributed by atoms with Crippen molar-refractivity contribution in [2.24, 2.45) is 0 Å². The molecule has 0 unspecified atom stereocenters. The van der Waals surface area contributed by atoms with E-state index in [0.717, 1.165) is 16.5 Å². The largest absolute Gasteiger partial charge is 2.00 e. The van der Waals surface area contributed by atoms with E-state index in [9.17, 15) is 0 Å². The van der Waals surface area contributed by atoms with Crippen LogP contribution in [0.15, 0.2) is 144 Å². The minimum Gasteiger partial charge on any atom is -0.249 e. The number of aromatic nitrogens is 3. The van der Waals surface area contributed by atoms with Crippen molar-refractivity contribution >= 4 is 35.7 Å². The van der Waals surface area contributed by atoms with Crippen LogP contribution in [-0.2, 0) is 17.1 Å². The van der Waals surface area contributed by atoms with Gasteiger partial charge in [-0.25, -0.2) is 22.9 Å². The summed E-state index contributed by atoms with van der Waals surface area (Å²) < 4.78 is 2.22. The molecular formula is C38H38FeN3PS. The Morgan fingerprint density at radius 3 is 1.91 bits per heavy atom. The molecule has 0 bridgehead atoms. The van der Waals surface area contributed by atoms with Gasteiger partial charge in [0.25, 0.3) is 0 Å². The van der Waals surface area contributed by atoms with Crippen molar-refractivity contribution in [1.82, 2.24) is 15.0 Å². The summed E-state index contributed by atoms with van der Waals surface area (Å²) in [5, 5.41) is 13.1.